The van der Waals surface area contributed by atoms with Crippen LogP contribution >= 0.6 is 11.3 Å². The van der Waals surface area contributed by atoms with Crippen LogP contribution in [-0.4, -0.2) is 35.6 Å². The number of piperidine rings is 1. The second kappa shape index (κ2) is 6.47. The van der Waals surface area contributed by atoms with E-state index in [4.69, 9.17) is 0 Å². The van der Waals surface area contributed by atoms with E-state index in [1.54, 1.807) is 11.3 Å². The molecule has 17 heavy (non-hydrogen) atoms. The van der Waals surface area contributed by atoms with Crippen LogP contribution in [0.4, 0.5) is 0 Å². The van der Waals surface area contributed by atoms with E-state index < -0.39 is 0 Å². The van der Waals surface area contributed by atoms with Gasteiger partial charge < -0.3 is 5.32 Å². The summed E-state index contributed by atoms with van der Waals surface area (Å²) >= 11 is 1.75. The van der Waals surface area contributed by atoms with Gasteiger partial charge in [0.25, 0.3) is 0 Å². The van der Waals surface area contributed by atoms with Gasteiger partial charge in [0.05, 0.1) is 11.2 Å². The van der Waals surface area contributed by atoms with E-state index in [1.165, 1.54) is 42.9 Å². The molecule has 0 bridgehead atoms. The zero-order chi connectivity index (χ0) is 12.1. The van der Waals surface area contributed by atoms with Crippen molar-refractivity contribution in [1.82, 2.24) is 15.2 Å². The monoisotopic (exact) mass is 253 g/mol. The SMILES string of the molecule is Cc1ncsc1CNCC(C)N1CCCCC1. The van der Waals surface area contributed by atoms with Gasteiger partial charge in [0.15, 0.2) is 0 Å². The number of aromatic nitrogens is 1. The standard InChI is InChI=1S/C13H23N3S/c1-11(16-6-4-3-5-7-16)8-14-9-13-12(2)15-10-17-13/h10-11,14H,3-9H2,1-2H3. The van der Waals surface area contributed by atoms with Gasteiger partial charge in [-0.05, 0) is 39.8 Å². The molecule has 1 aliphatic heterocycles. The Kier molecular flexibility index (Phi) is 4.95. The molecule has 1 aromatic heterocycles. The summed E-state index contributed by atoms with van der Waals surface area (Å²) < 4.78 is 0. The molecule has 2 heterocycles. The quantitative estimate of drug-likeness (QED) is 0.873. The molecule has 0 radical (unpaired) electrons. The number of aryl methyl sites for hydroxylation is 1. The molecule has 1 N–H and O–H groups in total. The highest BCUT2D eigenvalue weighted by Crippen LogP contribution is 2.13. The molecule has 1 aromatic rings. The summed E-state index contributed by atoms with van der Waals surface area (Å²) in [4.78, 5) is 8.25. The maximum Gasteiger partial charge on any atom is 0.0798 e. The number of rotatable bonds is 5. The van der Waals surface area contributed by atoms with E-state index in [2.05, 4.69) is 29.0 Å². The van der Waals surface area contributed by atoms with Crippen LogP contribution in [0.15, 0.2) is 5.51 Å². The van der Waals surface area contributed by atoms with Crippen molar-refractivity contribution in [3.63, 3.8) is 0 Å². The Morgan fingerprint density at radius 2 is 2.18 bits per heavy atom. The molecule has 1 fully saturated rings. The Bertz CT molecular complexity index is 331. The van der Waals surface area contributed by atoms with Gasteiger partial charge in [-0.15, -0.1) is 11.3 Å². The highest BCUT2D eigenvalue weighted by molar-refractivity contribution is 7.09. The summed E-state index contributed by atoms with van der Waals surface area (Å²) in [5, 5.41) is 3.55. The third kappa shape index (κ3) is 3.76. The predicted molar refractivity (Wildman–Crippen MR) is 73.4 cm³/mol. The van der Waals surface area contributed by atoms with Gasteiger partial charge in [-0.25, -0.2) is 4.98 Å². The average Bonchev–Trinajstić information content (AvgIpc) is 2.76. The first kappa shape index (κ1) is 13.0. The minimum absolute atomic E-state index is 0.656. The number of nitrogens with zero attached hydrogens (tertiary/aromatic N) is 2. The molecule has 1 atom stereocenters. The zero-order valence-electron chi connectivity index (χ0n) is 10.9. The van der Waals surface area contributed by atoms with Crippen molar-refractivity contribution >= 4 is 11.3 Å². The van der Waals surface area contributed by atoms with E-state index in [1.807, 2.05) is 5.51 Å². The van der Waals surface area contributed by atoms with Crippen molar-refractivity contribution in [2.24, 2.45) is 0 Å². The number of hydrogen-bond acceptors (Lipinski definition) is 4. The van der Waals surface area contributed by atoms with Crippen LogP contribution in [0.1, 0.15) is 36.8 Å². The van der Waals surface area contributed by atoms with Crippen molar-refractivity contribution in [2.75, 3.05) is 19.6 Å². The first-order valence-electron chi connectivity index (χ1n) is 6.61. The van der Waals surface area contributed by atoms with E-state index >= 15 is 0 Å². The van der Waals surface area contributed by atoms with Crippen molar-refractivity contribution < 1.29 is 0 Å². The summed E-state index contributed by atoms with van der Waals surface area (Å²) in [5.41, 5.74) is 3.11. The summed E-state index contributed by atoms with van der Waals surface area (Å²) in [6, 6.07) is 0.656. The topological polar surface area (TPSA) is 28.2 Å². The summed E-state index contributed by atoms with van der Waals surface area (Å²) in [6.07, 6.45) is 4.16. The zero-order valence-corrected chi connectivity index (χ0v) is 11.7. The molecular weight excluding hydrogens is 230 g/mol. The Hall–Kier alpha value is -0.450. The number of likely N-dealkylation sites (tertiary alicyclic amines) is 1. The highest BCUT2D eigenvalue weighted by Gasteiger charge is 2.16. The fourth-order valence-electron chi connectivity index (χ4n) is 2.38. The Morgan fingerprint density at radius 1 is 1.41 bits per heavy atom. The van der Waals surface area contributed by atoms with E-state index in [0.29, 0.717) is 6.04 Å². The van der Waals surface area contributed by atoms with Gasteiger partial charge in [0, 0.05) is 24.0 Å². The smallest absolute Gasteiger partial charge is 0.0798 e. The molecule has 0 saturated carbocycles. The lowest BCUT2D eigenvalue weighted by atomic mass is 10.1. The largest absolute Gasteiger partial charge is 0.310 e. The van der Waals surface area contributed by atoms with Crippen LogP contribution in [0.3, 0.4) is 0 Å². The molecule has 4 heteroatoms. The van der Waals surface area contributed by atoms with Crippen LogP contribution in [0.5, 0.6) is 0 Å². The van der Waals surface area contributed by atoms with Gasteiger partial charge in [-0.1, -0.05) is 6.42 Å². The van der Waals surface area contributed by atoms with E-state index in [9.17, 15) is 0 Å². The molecule has 96 valence electrons. The fraction of sp³-hybridized carbons (Fsp3) is 0.769. The molecular formula is C13H23N3S. The van der Waals surface area contributed by atoms with Crippen molar-refractivity contribution in [3.05, 3.63) is 16.1 Å². The van der Waals surface area contributed by atoms with Crippen LogP contribution in [0.25, 0.3) is 0 Å². The third-order valence-corrected chi connectivity index (χ3v) is 4.52. The van der Waals surface area contributed by atoms with Gasteiger partial charge in [0.1, 0.15) is 0 Å². The van der Waals surface area contributed by atoms with Crippen LogP contribution in [0, 0.1) is 6.92 Å². The summed E-state index contributed by atoms with van der Waals surface area (Å²) in [5.74, 6) is 0. The molecule has 3 nitrogen and oxygen atoms in total. The molecule has 0 amide bonds. The van der Waals surface area contributed by atoms with Crippen LogP contribution in [-0.2, 0) is 6.54 Å². The minimum atomic E-state index is 0.656. The van der Waals surface area contributed by atoms with Crippen molar-refractivity contribution in [3.8, 4) is 0 Å². The number of thiazole rings is 1. The first-order chi connectivity index (χ1) is 8.27. The van der Waals surface area contributed by atoms with Crippen molar-refractivity contribution in [2.45, 2.75) is 45.7 Å². The second-order valence-corrected chi connectivity index (χ2v) is 5.88. The normalized spacial score (nSPS) is 19.4. The fourth-order valence-corrected chi connectivity index (χ4v) is 3.13. The Balaban J connectivity index is 1.69. The molecule has 0 aliphatic carbocycles. The molecule has 1 aliphatic rings. The number of hydrogen-bond donors (Lipinski definition) is 1. The van der Waals surface area contributed by atoms with E-state index in [-0.39, 0.29) is 0 Å². The van der Waals surface area contributed by atoms with Crippen molar-refractivity contribution in [1.29, 1.82) is 0 Å². The van der Waals surface area contributed by atoms with Crippen LogP contribution in [0.2, 0.25) is 0 Å². The molecule has 0 aromatic carbocycles. The Labute approximate surface area is 108 Å². The summed E-state index contributed by atoms with van der Waals surface area (Å²) in [7, 11) is 0. The lowest BCUT2D eigenvalue weighted by Gasteiger charge is -2.32. The minimum Gasteiger partial charge on any atom is -0.310 e. The lowest BCUT2D eigenvalue weighted by molar-refractivity contribution is 0.171. The first-order valence-corrected chi connectivity index (χ1v) is 7.49. The average molecular weight is 253 g/mol. The van der Waals surface area contributed by atoms with Crippen LogP contribution < -0.4 is 5.32 Å². The molecule has 2 rings (SSSR count). The van der Waals surface area contributed by atoms with Gasteiger partial charge in [-0.3, -0.25) is 4.90 Å². The van der Waals surface area contributed by atoms with Gasteiger partial charge in [-0.2, -0.15) is 0 Å². The predicted octanol–water partition coefficient (Wildman–Crippen LogP) is 2.42. The second-order valence-electron chi connectivity index (χ2n) is 4.94. The number of nitrogens with one attached hydrogen (secondary N) is 1. The van der Waals surface area contributed by atoms with Gasteiger partial charge in [0.2, 0.25) is 0 Å². The van der Waals surface area contributed by atoms with Gasteiger partial charge >= 0.3 is 0 Å². The highest BCUT2D eigenvalue weighted by atomic mass is 32.1. The Morgan fingerprint density at radius 3 is 2.82 bits per heavy atom. The lowest BCUT2D eigenvalue weighted by Crippen LogP contribution is -2.42. The summed E-state index contributed by atoms with van der Waals surface area (Å²) in [6.45, 7) is 9.02. The van der Waals surface area contributed by atoms with E-state index in [0.717, 1.165) is 13.1 Å². The molecule has 1 saturated heterocycles. The molecule has 1 unspecified atom stereocenters. The maximum atomic E-state index is 4.27. The third-order valence-electron chi connectivity index (χ3n) is 3.58. The maximum absolute atomic E-state index is 4.27. The molecule has 0 spiro atoms.